The number of rotatable bonds is 4. The lowest BCUT2D eigenvalue weighted by Gasteiger charge is -2.12. The van der Waals surface area contributed by atoms with E-state index in [4.69, 9.17) is 4.74 Å². The highest BCUT2D eigenvalue weighted by molar-refractivity contribution is 5.84. The monoisotopic (exact) mass is 348 g/mol. The second kappa shape index (κ2) is 6.03. The summed E-state index contributed by atoms with van der Waals surface area (Å²) in [5.74, 6) is -0.420. The molecule has 4 rings (SSSR count). The molecule has 4 aromatic rings. The van der Waals surface area contributed by atoms with E-state index in [1.54, 1.807) is 19.2 Å². The molecule has 7 heteroatoms. The molecule has 3 heterocycles. The summed E-state index contributed by atoms with van der Waals surface area (Å²) < 4.78 is 8.65. The highest BCUT2D eigenvalue weighted by atomic mass is 16.5. The quantitative estimate of drug-likeness (QED) is 0.564. The van der Waals surface area contributed by atoms with Crippen molar-refractivity contribution in [3.63, 3.8) is 0 Å². The number of aromatic carboxylic acids is 1. The van der Waals surface area contributed by atoms with Gasteiger partial charge >= 0.3 is 5.95 Å². The van der Waals surface area contributed by atoms with E-state index in [1.165, 1.54) is 11.7 Å². The molecule has 7 nitrogen and oxygen atoms in total. The van der Waals surface area contributed by atoms with Gasteiger partial charge in [0.25, 0.3) is 0 Å². The first-order valence-corrected chi connectivity index (χ1v) is 8.02. The van der Waals surface area contributed by atoms with E-state index in [2.05, 4.69) is 9.97 Å². The van der Waals surface area contributed by atoms with Crippen LogP contribution in [-0.4, -0.2) is 27.6 Å². The number of aromatic amines is 1. The summed E-state index contributed by atoms with van der Waals surface area (Å²) >= 11 is 0. The second-order valence-corrected chi connectivity index (χ2v) is 5.87. The Balaban J connectivity index is 1.87. The normalized spacial score (nSPS) is 11.0. The Hall–Kier alpha value is -3.61. The lowest BCUT2D eigenvalue weighted by atomic mass is 10.2. The van der Waals surface area contributed by atoms with Crippen LogP contribution in [-0.2, 0) is 0 Å². The zero-order valence-corrected chi connectivity index (χ0v) is 14.3. The van der Waals surface area contributed by atoms with Crippen LogP contribution in [0, 0.1) is 6.92 Å². The Bertz CT molecular complexity index is 1110. The van der Waals surface area contributed by atoms with Gasteiger partial charge in [-0.05, 0) is 31.2 Å². The van der Waals surface area contributed by atoms with E-state index in [-0.39, 0.29) is 5.69 Å². The summed E-state index contributed by atoms with van der Waals surface area (Å²) in [5.41, 5.74) is 2.99. The smallest absolute Gasteiger partial charge is 0.402 e. The molecule has 0 spiro atoms. The van der Waals surface area contributed by atoms with Gasteiger partial charge in [-0.1, -0.05) is 4.98 Å². The minimum absolute atomic E-state index is 0.00552. The van der Waals surface area contributed by atoms with Crippen molar-refractivity contribution in [1.82, 2.24) is 14.5 Å². The van der Waals surface area contributed by atoms with Crippen LogP contribution in [0.2, 0.25) is 0 Å². The third kappa shape index (κ3) is 2.50. The number of nitrogens with zero attached hydrogens (tertiary/aromatic N) is 3. The molecule has 1 aromatic carbocycles. The van der Waals surface area contributed by atoms with Gasteiger partial charge in [-0.3, -0.25) is 0 Å². The molecule has 0 fully saturated rings. The lowest BCUT2D eigenvalue weighted by Crippen LogP contribution is -2.44. The van der Waals surface area contributed by atoms with Crippen molar-refractivity contribution < 1.29 is 19.2 Å². The van der Waals surface area contributed by atoms with Gasteiger partial charge in [0, 0.05) is 35.8 Å². The van der Waals surface area contributed by atoms with Gasteiger partial charge in [-0.15, -0.1) is 0 Å². The van der Waals surface area contributed by atoms with Crippen LogP contribution >= 0.6 is 0 Å². The van der Waals surface area contributed by atoms with Gasteiger partial charge in [-0.25, -0.2) is 4.98 Å². The fourth-order valence-electron chi connectivity index (χ4n) is 3.05. The number of nitrogens with one attached hydrogen (secondary N) is 1. The fraction of sp³-hybridized carbons (Fsp3) is 0.105. The number of carboxylic acid groups (broad SMARTS) is 1. The van der Waals surface area contributed by atoms with Crippen LogP contribution in [0.15, 0.2) is 55.0 Å². The Kier molecular flexibility index (Phi) is 3.69. The zero-order chi connectivity index (χ0) is 18.3. The SMILES string of the molecule is COc1cc[n+](-c2nc3ccc(-n4cccc4)cc3[nH]2)c(C(=O)[O-])c1C. The first-order chi connectivity index (χ1) is 12.6. The average Bonchev–Trinajstić information content (AvgIpc) is 3.29. The predicted molar refractivity (Wildman–Crippen MR) is 92.6 cm³/mol. The highest BCUT2D eigenvalue weighted by Crippen LogP contribution is 2.20. The van der Waals surface area contributed by atoms with Crippen LogP contribution in [0.25, 0.3) is 22.7 Å². The van der Waals surface area contributed by atoms with E-state index < -0.39 is 5.97 Å². The number of carbonyl (C=O) groups excluding carboxylic acids is 1. The number of hydrogen-bond donors (Lipinski definition) is 1. The molecule has 3 aromatic heterocycles. The molecule has 0 aliphatic heterocycles. The third-order valence-corrected chi connectivity index (χ3v) is 4.34. The van der Waals surface area contributed by atoms with Crippen molar-refractivity contribution in [2.24, 2.45) is 0 Å². The van der Waals surface area contributed by atoms with Crippen LogP contribution in [0.4, 0.5) is 0 Å². The molecule has 0 bridgehead atoms. The van der Waals surface area contributed by atoms with Gasteiger partial charge in [-0.2, -0.15) is 4.57 Å². The topological polar surface area (TPSA) is 86.8 Å². The van der Waals surface area contributed by atoms with Crippen LogP contribution in [0.3, 0.4) is 0 Å². The molecular formula is C19H16N4O3. The van der Waals surface area contributed by atoms with E-state index in [0.29, 0.717) is 17.3 Å². The van der Waals surface area contributed by atoms with Gasteiger partial charge in [0.1, 0.15) is 22.9 Å². The highest BCUT2D eigenvalue weighted by Gasteiger charge is 2.21. The van der Waals surface area contributed by atoms with Crippen molar-refractivity contribution in [1.29, 1.82) is 0 Å². The third-order valence-electron chi connectivity index (χ3n) is 4.34. The number of hydrogen-bond acceptors (Lipinski definition) is 4. The summed E-state index contributed by atoms with van der Waals surface area (Å²) in [6.07, 6.45) is 5.50. The number of ether oxygens (including phenoxy) is 1. The molecule has 130 valence electrons. The van der Waals surface area contributed by atoms with E-state index in [0.717, 1.165) is 16.7 Å². The number of H-pyrrole nitrogens is 1. The first-order valence-electron chi connectivity index (χ1n) is 8.02. The largest absolute Gasteiger partial charge is 0.542 e. The van der Waals surface area contributed by atoms with Crippen LogP contribution < -0.4 is 14.4 Å². The molecule has 0 atom stereocenters. The van der Waals surface area contributed by atoms with E-state index >= 15 is 0 Å². The molecule has 0 saturated carbocycles. The maximum atomic E-state index is 11.7. The number of pyridine rings is 1. The summed E-state index contributed by atoms with van der Waals surface area (Å²) in [6, 6.07) is 11.4. The molecule has 1 N–H and O–H groups in total. The van der Waals surface area contributed by atoms with Crippen molar-refractivity contribution >= 4 is 17.0 Å². The summed E-state index contributed by atoms with van der Waals surface area (Å²) in [4.78, 5) is 19.4. The number of benzene rings is 1. The summed E-state index contributed by atoms with van der Waals surface area (Å²) in [5, 5.41) is 11.7. The van der Waals surface area contributed by atoms with Gasteiger partial charge < -0.3 is 19.2 Å². The Labute approximate surface area is 149 Å². The molecule has 0 amide bonds. The number of methoxy groups -OCH3 is 1. The summed E-state index contributed by atoms with van der Waals surface area (Å²) in [7, 11) is 1.50. The van der Waals surface area contributed by atoms with Crippen molar-refractivity contribution in [3.8, 4) is 17.4 Å². The second-order valence-electron chi connectivity index (χ2n) is 5.87. The maximum absolute atomic E-state index is 11.7. The number of imidazole rings is 1. The van der Waals surface area contributed by atoms with E-state index in [9.17, 15) is 9.90 Å². The molecule has 0 aliphatic carbocycles. The van der Waals surface area contributed by atoms with Gasteiger partial charge in [0.2, 0.25) is 0 Å². The number of fused-ring (bicyclic) bond motifs is 1. The molecule has 26 heavy (non-hydrogen) atoms. The lowest BCUT2D eigenvalue weighted by molar-refractivity contribution is -0.609. The van der Waals surface area contributed by atoms with Crippen LogP contribution in [0.1, 0.15) is 16.1 Å². The van der Waals surface area contributed by atoms with Gasteiger partial charge in [0.15, 0.2) is 5.52 Å². The molecule has 0 saturated heterocycles. The first kappa shape index (κ1) is 15.9. The summed E-state index contributed by atoms with van der Waals surface area (Å²) in [6.45, 7) is 1.67. The minimum atomic E-state index is -1.30. The molecule has 0 radical (unpaired) electrons. The van der Waals surface area contributed by atoms with Gasteiger partial charge in [0.05, 0.1) is 13.3 Å². The number of carboxylic acids is 1. The van der Waals surface area contributed by atoms with Crippen molar-refractivity contribution in [3.05, 3.63) is 66.2 Å². The Morgan fingerprint density at radius 1 is 1.27 bits per heavy atom. The Morgan fingerprint density at radius 3 is 2.73 bits per heavy atom. The van der Waals surface area contributed by atoms with Crippen molar-refractivity contribution in [2.75, 3.05) is 7.11 Å². The number of aromatic nitrogens is 4. The standard InChI is InChI=1S/C19H16N4O3/c1-12-16(26-2)7-10-23(17(12)18(24)25)19-20-14-6-5-13(11-15(14)21-19)22-8-3-4-9-22/h3-11H,1-2H3,(H-,20,21,24,25). The Morgan fingerprint density at radius 2 is 2.04 bits per heavy atom. The molecule has 0 unspecified atom stereocenters. The van der Waals surface area contributed by atoms with Crippen LogP contribution in [0.5, 0.6) is 5.75 Å². The van der Waals surface area contributed by atoms with Crippen molar-refractivity contribution in [2.45, 2.75) is 6.92 Å². The maximum Gasteiger partial charge on any atom is 0.402 e. The average molecular weight is 348 g/mol. The number of carbonyl (C=O) groups is 1. The predicted octanol–water partition coefficient (Wildman–Crippen LogP) is 1.31. The van der Waals surface area contributed by atoms with E-state index in [1.807, 2.05) is 47.3 Å². The fourth-order valence-corrected chi connectivity index (χ4v) is 3.05. The minimum Gasteiger partial charge on any atom is -0.542 e. The zero-order valence-electron chi connectivity index (χ0n) is 14.3. The molecule has 0 aliphatic rings. The molecular weight excluding hydrogens is 332 g/mol.